The summed E-state index contributed by atoms with van der Waals surface area (Å²) in [5, 5.41) is 3.45. The number of pyridine rings is 1. The Bertz CT molecular complexity index is 1510. The summed E-state index contributed by atoms with van der Waals surface area (Å²) in [7, 11) is 0. The van der Waals surface area contributed by atoms with Crippen molar-refractivity contribution in [1.82, 2.24) is 14.3 Å². The van der Waals surface area contributed by atoms with Gasteiger partial charge in [0.05, 0.1) is 16.6 Å². The number of benzene rings is 3. The van der Waals surface area contributed by atoms with Gasteiger partial charge in [0, 0.05) is 24.2 Å². The van der Waals surface area contributed by atoms with E-state index in [-0.39, 0.29) is 22.9 Å². The largest absolute Gasteiger partial charge is 0.312 e. The molecule has 2 heterocycles. The molecule has 0 bridgehead atoms. The third-order valence-corrected chi connectivity index (χ3v) is 6.35. The van der Waals surface area contributed by atoms with Crippen LogP contribution in [0, 0.1) is 12.7 Å². The molecule has 3 aromatic carbocycles. The van der Waals surface area contributed by atoms with E-state index in [0.717, 1.165) is 0 Å². The van der Waals surface area contributed by atoms with Crippen molar-refractivity contribution >= 4 is 10.9 Å². The van der Waals surface area contributed by atoms with Gasteiger partial charge in [-0.3, -0.25) is 14.7 Å². The van der Waals surface area contributed by atoms with Gasteiger partial charge in [-0.2, -0.15) is 0 Å². The number of nitrogens with one attached hydrogen (secondary N) is 1. The van der Waals surface area contributed by atoms with E-state index < -0.39 is 0 Å². The monoisotopic (exact) mass is 453 g/mol. The Hall–Kier alpha value is -4.19. The van der Waals surface area contributed by atoms with Crippen LogP contribution in [-0.2, 0) is 6.54 Å². The van der Waals surface area contributed by atoms with E-state index in [4.69, 9.17) is 0 Å². The van der Waals surface area contributed by atoms with Gasteiger partial charge in [0.1, 0.15) is 5.82 Å². The van der Waals surface area contributed by atoms with Crippen molar-refractivity contribution in [3.8, 4) is 5.69 Å². The Kier molecular flexibility index (Phi) is 5.72. The van der Waals surface area contributed by atoms with Gasteiger partial charge in [-0.25, -0.2) is 9.07 Å². The fourth-order valence-corrected chi connectivity index (χ4v) is 4.61. The third kappa shape index (κ3) is 3.99. The summed E-state index contributed by atoms with van der Waals surface area (Å²) in [5.74, 6) is -0.262. The molecule has 0 unspecified atom stereocenters. The molecule has 5 nitrogen and oxygen atoms in total. The number of rotatable bonds is 6. The number of fused-ring (bicyclic) bond motifs is 1. The highest BCUT2D eigenvalue weighted by atomic mass is 19.1. The molecule has 0 fully saturated rings. The van der Waals surface area contributed by atoms with Crippen molar-refractivity contribution < 1.29 is 4.39 Å². The Morgan fingerprint density at radius 3 is 2.03 bits per heavy atom. The number of aryl methyl sites for hydroxylation is 1. The molecule has 0 aliphatic carbocycles. The molecule has 170 valence electrons. The Balaban J connectivity index is 1.53. The molecule has 0 aliphatic rings. The van der Waals surface area contributed by atoms with Crippen molar-refractivity contribution in [1.29, 1.82) is 0 Å². The molecule has 34 heavy (non-hydrogen) atoms. The third-order valence-electron chi connectivity index (χ3n) is 6.35. The van der Waals surface area contributed by atoms with E-state index in [1.807, 2.05) is 36.4 Å². The summed E-state index contributed by atoms with van der Waals surface area (Å²) < 4.78 is 16.3. The van der Waals surface area contributed by atoms with Gasteiger partial charge in [0.15, 0.2) is 0 Å². The molecule has 0 radical (unpaired) electrons. The summed E-state index contributed by atoms with van der Waals surface area (Å²) in [6.07, 6.45) is 0.705. The SMILES string of the molecule is Cc1c2c(=O)n(-c3ccc(F)cc3)[nH]c2cc(=O)n1CCC(c1ccccc1)c1ccccc1. The predicted molar refractivity (Wildman–Crippen MR) is 132 cm³/mol. The molecule has 6 heteroatoms. The molecule has 5 aromatic rings. The van der Waals surface area contributed by atoms with Crippen LogP contribution in [0.5, 0.6) is 0 Å². The Morgan fingerprint density at radius 1 is 0.853 bits per heavy atom. The minimum absolute atomic E-state index is 0.117. The van der Waals surface area contributed by atoms with Crippen molar-refractivity contribution in [2.45, 2.75) is 25.8 Å². The van der Waals surface area contributed by atoms with Gasteiger partial charge < -0.3 is 4.57 Å². The predicted octanol–water partition coefficient (Wildman–Crippen LogP) is 5.15. The Morgan fingerprint density at radius 2 is 1.44 bits per heavy atom. The molecule has 0 spiro atoms. The highest BCUT2D eigenvalue weighted by Gasteiger charge is 2.18. The van der Waals surface area contributed by atoms with Crippen molar-refractivity contribution in [2.24, 2.45) is 0 Å². The first kappa shape index (κ1) is 21.6. The van der Waals surface area contributed by atoms with E-state index in [2.05, 4.69) is 29.4 Å². The lowest BCUT2D eigenvalue weighted by Gasteiger charge is -2.20. The minimum Gasteiger partial charge on any atom is -0.312 e. The van der Waals surface area contributed by atoms with Crippen LogP contribution in [0.15, 0.2) is 101 Å². The van der Waals surface area contributed by atoms with Gasteiger partial charge in [-0.1, -0.05) is 60.7 Å². The number of aromatic amines is 1. The van der Waals surface area contributed by atoms with Gasteiger partial charge in [0.25, 0.3) is 11.1 Å². The maximum absolute atomic E-state index is 13.3. The standard InChI is InChI=1S/C28H24FN3O2/c1-19-27-25(30-32(28(27)34)23-14-12-22(29)13-15-23)18-26(33)31(19)17-16-24(20-8-4-2-5-9-20)21-10-6-3-7-11-21/h2-15,18,24,30H,16-17H2,1H3. The van der Waals surface area contributed by atoms with Crippen molar-refractivity contribution in [2.75, 3.05) is 0 Å². The van der Waals surface area contributed by atoms with Crippen molar-refractivity contribution in [3.05, 3.63) is 134 Å². The van der Waals surface area contributed by atoms with E-state index in [0.29, 0.717) is 35.2 Å². The van der Waals surface area contributed by atoms with Gasteiger partial charge in [-0.15, -0.1) is 0 Å². The highest BCUT2D eigenvalue weighted by molar-refractivity contribution is 5.80. The minimum atomic E-state index is -0.379. The van der Waals surface area contributed by atoms with Crippen LogP contribution in [0.3, 0.4) is 0 Å². The zero-order valence-electron chi connectivity index (χ0n) is 18.7. The first-order chi connectivity index (χ1) is 16.5. The van der Waals surface area contributed by atoms with Crippen LogP contribution in [0.25, 0.3) is 16.6 Å². The quantitative estimate of drug-likeness (QED) is 0.387. The zero-order chi connectivity index (χ0) is 23.7. The van der Waals surface area contributed by atoms with Gasteiger partial charge >= 0.3 is 0 Å². The van der Waals surface area contributed by atoms with E-state index in [9.17, 15) is 14.0 Å². The maximum atomic E-state index is 13.3. The fourth-order valence-electron chi connectivity index (χ4n) is 4.61. The van der Waals surface area contributed by atoms with Gasteiger partial charge in [-0.05, 0) is 48.7 Å². The van der Waals surface area contributed by atoms with Crippen LogP contribution in [0.2, 0.25) is 0 Å². The molecule has 0 saturated carbocycles. The lowest BCUT2D eigenvalue weighted by Crippen LogP contribution is -2.24. The molecule has 0 amide bonds. The van der Waals surface area contributed by atoms with Crippen LogP contribution < -0.4 is 11.1 Å². The van der Waals surface area contributed by atoms with E-state index in [1.54, 1.807) is 11.5 Å². The van der Waals surface area contributed by atoms with E-state index in [1.165, 1.54) is 46.1 Å². The van der Waals surface area contributed by atoms with E-state index >= 15 is 0 Å². The Labute approximate surface area is 195 Å². The highest BCUT2D eigenvalue weighted by Crippen LogP contribution is 2.28. The van der Waals surface area contributed by atoms with Gasteiger partial charge in [0.2, 0.25) is 0 Å². The second-order valence-corrected chi connectivity index (χ2v) is 8.40. The molecular weight excluding hydrogens is 429 g/mol. The van der Waals surface area contributed by atoms with Crippen LogP contribution in [-0.4, -0.2) is 14.3 Å². The normalized spacial score (nSPS) is 11.4. The number of nitrogens with zero attached hydrogens (tertiary/aromatic N) is 2. The van der Waals surface area contributed by atoms with Crippen molar-refractivity contribution in [3.63, 3.8) is 0 Å². The molecule has 2 aromatic heterocycles. The average Bonchev–Trinajstić information content (AvgIpc) is 3.18. The second kappa shape index (κ2) is 8.98. The second-order valence-electron chi connectivity index (χ2n) is 8.40. The van der Waals surface area contributed by atoms with Crippen LogP contribution in [0.4, 0.5) is 4.39 Å². The molecule has 0 aliphatic heterocycles. The molecule has 0 atom stereocenters. The average molecular weight is 454 g/mol. The summed E-state index contributed by atoms with van der Waals surface area (Å²) in [6.45, 7) is 2.27. The summed E-state index contributed by atoms with van der Waals surface area (Å²) in [6, 6.07) is 27.6. The maximum Gasteiger partial charge on any atom is 0.280 e. The zero-order valence-corrected chi connectivity index (χ0v) is 18.7. The van der Waals surface area contributed by atoms with Crippen LogP contribution in [0.1, 0.15) is 29.2 Å². The lowest BCUT2D eigenvalue weighted by molar-refractivity contribution is 0.573. The first-order valence-electron chi connectivity index (χ1n) is 11.2. The fraction of sp³-hybridized carbons (Fsp3) is 0.143. The lowest BCUT2D eigenvalue weighted by atomic mass is 9.88. The van der Waals surface area contributed by atoms with Crippen LogP contribution >= 0.6 is 0 Å². The summed E-state index contributed by atoms with van der Waals surface area (Å²) in [4.78, 5) is 26.2. The number of aromatic nitrogens is 3. The topological polar surface area (TPSA) is 59.8 Å². The number of halogens is 1. The molecule has 1 N–H and O–H groups in total. The summed E-state index contributed by atoms with van der Waals surface area (Å²) in [5.41, 5.74) is 3.52. The number of hydrogen-bond acceptors (Lipinski definition) is 2. The number of H-pyrrole nitrogens is 1. The summed E-state index contributed by atoms with van der Waals surface area (Å²) >= 11 is 0. The molecule has 0 saturated heterocycles. The smallest absolute Gasteiger partial charge is 0.280 e. The molecule has 5 rings (SSSR count). The number of hydrogen-bond donors (Lipinski definition) is 1. The first-order valence-corrected chi connectivity index (χ1v) is 11.2. The molecular formula is C28H24FN3O2.